The Morgan fingerprint density at radius 2 is 2.07 bits per heavy atom. The zero-order valence-corrected chi connectivity index (χ0v) is 9.14. The van der Waals surface area contributed by atoms with Crippen LogP contribution in [0.4, 0.5) is 0 Å². The second-order valence-corrected chi connectivity index (χ2v) is 3.89. The van der Waals surface area contributed by atoms with Gasteiger partial charge in [0.15, 0.2) is 6.29 Å². The van der Waals surface area contributed by atoms with E-state index in [1.165, 1.54) is 0 Å². The van der Waals surface area contributed by atoms with Gasteiger partial charge in [-0.05, 0) is 12.5 Å². The Kier molecular flexibility index (Phi) is 2.89. The summed E-state index contributed by atoms with van der Waals surface area (Å²) in [5, 5.41) is 0. The van der Waals surface area contributed by atoms with Gasteiger partial charge < -0.3 is 9.47 Å². The average molecular weight is 204 g/mol. The molecule has 0 radical (unpaired) electrons. The predicted molar refractivity (Wildman–Crippen MR) is 59.4 cm³/mol. The molecule has 2 nitrogen and oxygen atoms in total. The molecule has 1 aromatic rings. The quantitative estimate of drug-likeness (QED) is 0.690. The summed E-state index contributed by atoms with van der Waals surface area (Å²) < 4.78 is 11.1. The molecule has 1 aliphatic rings. The summed E-state index contributed by atoms with van der Waals surface area (Å²) in [5.41, 5.74) is 0.795. The Morgan fingerprint density at radius 1 is 1.33 bits per heavy atom. The Balaban J connectivity index is 2.27. The average Bonchev–Trinajstić information content (AvgIpc) is 2.30. The first-order valence-corrected chi connectivity index (χ1v) is 5.18. The van der Waals surface area contributed by atoms with Crippen molar-refractivity contribution in [1.82, 2.24) is 0 Å². The van der Waals surface area contributed by atoms with Crippen LogP contribution in [0.15, 0.2) is 42.5 Å². The first-order chi connectivity index (χ1) is 7.24. The minimum atomic E-state index is -0.361. The molecule has 1 aromatic carbocycles. The van der Waals surface area contributed by atoms with E-state index in [0.29, 0.717) is 0 Å². The monoisotopic (exact) mass is 204 g/mol. The first-order valence-electron chi connectivity index (χ1n) is 5.18. The van der Waals surface area contributed by atoms with E-state index in [0.717, 1.165) is 12.0 Å². The summed E-state index contributed by atoms with van der Waals surface area (Å²) in [6.45, 7) is 2.06. The highest BCUT2D eigenvalue weighted by atomic mass is 16.7. The van der Waals surface area contributed by atoms with E-state index in [1.807, 2.05) is 18.2 Å². The van der Waals surface area contributed by atoms with Crippen molar-refractivity contribution in [2.24, 2.45) is 0 Å². The number of hydrogen-bond acceptors (Lipinski definition) is 2. The molecule has 0 aromatic heterocycles. The van der Waals surface area contributed by atoms with Gasteiger partial charge in [-0.1, -0.05) is 42.5 Å². The number of rotatable bonds is 2. The minimum Gasteiger partial charge on any atom is -0.356 e. The highest BCUT2D eigenvalue weighted by molar-refractivity contribution is 5.27. The van der Waals surface area contributed by atoms with E-state index in [2.05, 4.69) is 31.2 Å². The number of ether oxygens (including phenoxy) is 2. The van der Waals surface area contributed by atoms with Gasteiger partial charge >= 0.3 is 0 Å². The summed E-state index contributed by atoms with van der Waals surface area (Å²) in [4.78, 5) is 0. The van der Waals surface area contributed by atoms with Crippen LogP contribution in [-0.2, 0) is 15.1 Å². The van der Waals surface area contributed by atoms with Crippen LogP contribution >= 0.6 is 0 Å². The van der Waals surface area contributed by atoms with Crippen molar-refractivity contribution in [3.8, 4) is 0 Å². The van der Waals surface area contributed by atoms with E-state index in [-0.39, 0.29) is 11.9 Å². The maximum Gasteiger partial charge on any atom is 0.162 e. The third-order valence-electron chi connectivity index (χ3n) is 2.75. The van der Waals surface area contributed by atoms with E-state index in [1.54, 1.807) is 7.11 Å². The van der Waals surface area contributed by atoms with Gasteiger partial charge in [-0.2, -0.15) is 0 Å². The largest absolute Gasteiger partial charge is 0.356 e. The molecule has 2 atom stereocenters. The van der Waals surface area contributed by atoms with Crippen molar-refractivity contribution in [1.29, 1.82) is 0 Å². The highest BCUT2D eigenvalue weighted by Gasteiger charge is 2.30. The molecule has 0 amide bonds. The molecule has 1 aliphatic heterocycles. The molecule has 80 valence electrons. The lowest BCUT2D eigenvalue weighted by Crippen LogP contribution is -2.33. The van der Waals surface area contributed by atoms with Gasteiger partial charge in [-0.3, -0.25) is 0 Å². The lowest BCUT2D eigenvalue weighted by Gasteiger charge is -2.34. The maximum atomic E-state index is 5.90. The van der Waals surface area contributed by atoms with Crippen molar-refractivity contribution in [3.63, 3.8) is 0 Å². The molecule has 0 aliphatic carbocycles. The van der Waals surface area contributed by atoms with E-state index in [9.17, 15) is 0 Å². The molecule has 2 heteroatoms. The van der Waals surface area contributed by atoms with Crippen LogP contribution in [0.25, 0.3) is 0 Å². The van der Waals surface area contributed by atoms with Crippen LogP contribution < -0.4 is 0 Å². The van der Waals surface area contributed by atoms with Crippen LogP contribution in [-0.4, -0.2) is 13.4 Å². The second kappa shape index (κ2) is 4.17. The van der Waals surface area contributed by atoms with Crippen molar-refractivity contribution in [2.45, 2.75) is 25.2 Å². The van der Waals surface area contributed by atoms with Gasteiger partial charge in [0.1, 0.15) is 5.60 Å². The molecule has 1 heterocycles. The summed E-state index contributed by atoms with van der Waals surface area (Å²) in [5.74, 6) is 0. The van der Waals surface area contributed by atoms with Crippen LogP contribution in [0.5, 0.6) is 0 Å². The van der Waals surface area contributed by atoms with Gasteiger partial charge in [0, 0.05) is 13.5 Å². The fourth-order valence-electron chi connectivity index (χ4n) is 1.84. The topological polar surface area (TPSA) is 18.5 Å². The number of benzene rings is 1. The fraction of sp³-hybridized carbons (Fsp3) is 0.385. The van der Waals surface area contributed by atoms with E-state index >= 15 is 0 Å². The molecule has 0 saturated carbocycles. The zero-order chi connectivity index (χ0) is 10.7. The van der Waals surface area contributed by atoms with Gasteiger partial charge in [0.25, 0.3) is 0 Å². The normalized spacial score (nSPS) is 30.4. The molecule has 0 fully saturated rings. The second-order valence-electron chi connectivity index (χ2n) is 3.89. The summed E-state index contributed by atoms with van der Waals surface area (Å²) in [7, 11) is 1.68. The van der Waals surface area contributed by atoms with Crippen LogP contribution in [0.3, 0.4) is 0 Å². The summed E-state index contributed by atoms with van der Waals surface area (Å²) >= 11 is 0. The Labute approximate surface area is 90.5 Å². The van der Waals surface area contributed by atoms with Crippen molar-refractivity contribution in [2.75, 3.05) is 7.11 Å². The third kappa shape index (κ3) is 2.11. The molecule has 0 spiro atoms. The molecule has 2 unspecified atom stereocenters. The smallest absolute Gasteiger partial charge is 0.162 e. The SMILES string of the molecule is COC1CC=CC(C)(c2ccccc2)O1. The Bertz CT molecular complexity index is 345. The molecule has 2 rings (SSSR count). The fourth-order valence-corrected chi connectivity index (χ4v) is 1.84. The molecular formula is C13H16O2. The van der Waals surface area contributed by atoms with Gasteiger partial charge in [-0.25, -0.2) is 0 Å². The molecule has 15 heavy (non-hydrogen) atoms. The molecule has 0 bridgehead atoms. The lowest BCUT2D eigenvalue weighted by molar-refractivity contribution is -0.185. The Morgan fingerprint density at radius 3 is 2.73 bits per heavy atom. The van der Waals surface area contributed by atoms with Crippen LogP contribution in [0.1, 0.15) is 18.9 Å². The lowest BCUT2D eigenvalue weighted by atomic mass is 9.93. The zero-order valence-electron chi connectivity index (χ0n) is 9.14. The number of hydrogen-bond donors (Lipinski definition) is 0. The Hall–Kier alpha value is -1.12. The summed E-state index contributed by atoms with van der Waals surface area (Å²) in [6.07, 6.45) is 4.89. The summed E-state index contributed by atoms with van der Waals surface area (Å²) in [6, 6.07) is 10.2. The van der Waals surface area contributed by atoms with E-state index < -0.39 is 0 Å². The molecular weight excluding hydrogens is 188 g/mol. The van der Waals surface area contributed by atoms with Gasteiger partial charge in [0.2, 0.25) is 0 Å². The van der Waals surface area contributed by atoms with Crippen molar-refractivity contribution < 1.29 is 9.47 Å². The highest BCUT2D eigenvalue weighted by Crippen LogP contribution is 2.32. The van der Waals surface area contributed by atoms with Crippen LogP contribution in [0, 0.1) is 0 Å². The predicted octanol–water partition coefficient (Wildman–Crippen LogP) is 2.85. The van der Waals surface area contributed by atoms with Crippen LogP contribution in [0.2, 0.25) is 0 Å². The first kappa shape index (κ1) is 10.4. The third-order valence-corrected chi connectivity index (χ3v) is 2.75. The maximum absolute atomic E-state index is 5.90. The van der Waals surface area contributed by atoms with Crippen molar-refractivity contribution in [3.05, 3.63) is 48.0 Å². The van der Waals surface area contributed by atoms with Gasteiger partial charge in [0.05, 0.1) is 0 Å². The van der Waals surface area contributed by atoms with E-state index in [4.69, 9.17) is 9.47 Å². The standard InChI is InChI=1S/C13H16O2/c1-13(11-7-4-3-5-8-11)10-6-9-12(14-2)15-13/h3-8,10,12H,9H2,1-2H3. The number of methoxy groups -OCH3 is 1. The minimum absolute atomic E-state index is 0.139. The molecule has 0 saturated heterocycles. The van der Waals surface area contributed by atoms with Gasteiger partial charge in [-0.15, -0.1) is 0 Å². The molecule has 0 N–H and O–H groups in total. The van der Waals surface area contributed by atoms with Crippen molar-refractivity contribution >= 4 is 0 Å².